The fourth-order valence-electron chi connectivity index (χ4n) is 2.32. The van der Waals surface area contributed by atoms with Crippen LogP contribution in [0.5, 0.6) is 11.5 Å². The molecule has 0 aliphatic heterocycles. The van der Waals surface area contributed by atoms with Gasteiger partial charge in [-0.05, 0) is 42.0 Å². The molecule has 0 radical (unpaired) electrons. The molecule has 6 nitrogen and oxygen atoms in total. The summed E-state index contributed by atoms with van der Waals surface area (Å²) in [5.41, 5.74) is -0.228. The van der Waals surface area contributed by atoms with Crippen LogP contribution < -0.4 is 10.6 Å². The van der Waals surface area contributed by atoms with E-state index in [0.29, 0.717) is 5.56 Å². The molecule has 0 atom stereocenters. The van der Waals surface area contributed by atoms with Crippen molar-refractivity contribution < 1.29 is 33.0 Å². The highest BCUT2D eigenvalue weighted by atomic mass is 19.4. The van der Waals surface area contributed by atoms with Crippen molar-refractivity contribution in [1.82, 2.24) is 10.6 Å². The van der Waals surface area contributed by atoms with E-state index in [1.54, 1.807) is 0 Å². The number of carbonyl (C=O) groups excluding carboxylic acids is 2. The Hall–Kier alpha value is -3.75. The summed E-state index contributed by atoms with van der Waals surface area (Å²) in [6.45, 7) is 0.226. The van der Waals surface area contributed by atoms with Gasteiger partial charge < -0.3 is 20.8 Å². The zero-order chi connectivity index (χ0) is 22.1. The lowest BCUT2D eigenvalue weighted by atomic mass is 10.1. The molecule has 0 heterocycles. The predicted molar refractivity (Wildman–Crippen MR) is 105 cm³/mol. The van der Waals surface area contributed by atoms with Crippen molar-refractivity contribution in [2.45, 2.75) is 6.18 Å². The predicted octanol–water partition coefficient (Wildman–Crippen LogP) is 3.08. The average molecular weight is 420 g/mol. The van der Waals surface area contributed by atoms with Gasteiger partial charge in [-0.2, -0.15) is 13.2 Å². The minimum absolute atomic E-state index is 0.105. The Morgan fingerprint density at radius 1 is 0.900 bits per heavy atom. The maximum absolute atomic E-state index is 12.7. The van der Waals surface area contributed by atoms with Gasteiger partial charge in [-0.1, -0.05) is 12.1 Å². The Kier molecular flexibility index (Phi) is 7.62. The van der Waals surface area contributed by atoms with E-state index in [1.807, 2.05) is 0 Å². The van der Waals surface area contributed by atoms with Crippen LogP contribution in [-0.4, -0.2) is 35.1 Å². The van der Waals surface area contributed by atoms with Crippen LogP contribution in [0.1, 0.15) is 16.7 Å². The van der Waals surface area contributed by atoms with Gasteiger partial charge in [0.05, 0.1) is 5.56 Å². The van der Waals surface area contributed by atoms with Gasteiger partial charge in [0.25, 0.3) is 0 Å². The molecule has 2 aromatic rings. The van der Waals surface area contributed by atoms with Crippen molar-refractivity contribution in [3.05, 3.63) is 71.3 Å². The van der Waals surface area contributed by atoms with Crippen LogP contribution in [0.25, 0.3) is 12.2 Å². The highest BCUT2D eigenvalue weighted by Gasteiger charge is 2.30. The van der Waals surface area contributed by atoms with E-state index < -0.39 is 23.6 Å². The fraction of sp³-hybridized carbons (Fsp3) is 0.143. The first-order valence-electron chi connectivity index (χ1n) is 8.76. The largest absolute Gasteiger partial charge is 0.508 e. The van der Waals surface area contributed by atoms with Gasteiger partial charge in [-0.15, -0.1) is 0 Å². The number of amides is 2. The topological polar surface area (TPSA) is 98.7 Å². The second-order valence-corrected chi connectivity index (χ2v) is 6.12. The van der Waals surface area contributed by atoms with E-state index in [2.05, 4.69) is 10.6 Å². The first kappa shape index (κ1) is 22.5. The number of phenols is 2. The lowest BCUT2D eigenvalue weighted by Gasteiger charge is -2.06. The highest BCUT2D eigenvalue weighted by Crippen LogP contribution is 2.29. The normalized spacial score (nSPS) is 11.7. The molecule has 2 amide bonds. The summed E-state index contributed by atoms with van der Waals surface area (Å²) < 4.78 is 38.0. The van der Waals surface area contributed by atoms with Crippen LogP contribution in [-0.2, 0) is 15.8 Å². The number of phenolic OH excluding ortho intramolecular Hbond substituents is 2. The monoisotopic (exact) mass is 420 g/mol. The van der Waals surface area contributed by atoms with E-state index >= 15 is 0 Å². The standard InChI is InChI=1S/C21H19F3N2O4/c22-21(23,24)16-3-1-2-14(12-16)4-8-19(29)25-10-11-26-20(30)9-6-15-5-7-17(27)13-18(15)28/h1-9,12-13,27-28H,10-11H2,(H,25,29)(H,26,30)/b8-4+,9-6+. The number of carbonyl (C=O) groups is 2. The number of rotatable bonds is 7. The quantitative estimate of drug-likeness (QED) is 0.409. The van der Waals surface area contributed by atoms with E-state index in [-0.39, 0.29) is 30.2 Å². The fourth-order valence-corrected chi connectivity index (χ4v) is 2.32. The minimum Gasteiger partial charge on any atom is -0.508 e. The Balaban J connectivity index is 1.75. The third-order valence-corrected chi connectivity index (χ3v) is 3.79. The molecule has 0 spiro atoms. The first-order chi connectivity index (χ1) is 14.1. The third kappa shape index (κ3) is 7.34. The SMILES string of the molecule is O=C(/C=C/c1cccc(C(F)(F)F)c1)NCCNC(=O)/C=C/c1ccc(O)cc1O. The van der Waals surface area contributed by atoms with Crippen LogP contribution in [0.3, 0.4) is 0 Å². The summed E-state index contributed by atoms with van der Waals surface area (Å²) in [7, 11) is 0. The van der Waals surface area contributed by atoms with Crippen molar-refractivity contribution in [3.8, 4) is 11.5 Å². The number of aromatic hydroxyl groups is 2. The second-order valence-electron chi connectivity index (χ2n) is 6.12. The maximum Gasteiger partial charge on any atom is 0.416 e. The zero-order valence-electron chi connectivity index (χ0n) is 15.6. The summed E-state index contributed by atoms with van der Waals surface area (Å²) >= 11 is 0. The van der Waals surface area contributed by atoms with Gasteiger partial charge in [0.15, 0.2) is 0 Å². The van der Waals surface area contributed by atoms with Gasteiger partial charge in [0.1, 0.15) is 11.5 Å². The maximum atomic E-state index is 12.7. The van der Waals surface area contributed by atoms with Crippen LogP contribution in [0, 0.1) is 0 Å². The van der Waals surface area contributed by atoms with Crippen molar-refractivity contribution in [2.24, 2.45) is 0 Å². The lowest BCUT2D eigenvalue weighted by molar-refractivity contribution is -0.137. The van der Waals surface area contributed by atoms with Gasteiger partial charge in [-0.3, -0.25) is 9.59 Å². The van der Waals surface area contributed by atoms with Crippen molar-refractivity contribution in [2.75, 3.05) is 13.1 Å². The summed E-state index contributed by atoms with van der Waals surface area (Å²) in [5.74, 6) is -1.27. The molecule has 9 heteroatoms. The molecule has 0 aliphatic carbocycles. The number of hydrogen-bond acceptors (Lipinski definition) is 4. The second kappa shape index (κ2) is 10.1. The molecule has 30 heavy (non-hydrogen) atoms. The van der Waals surface area contributed by atoms with Crippen molar-refractivity contribution in [3.63, 3.8) is 0 Å². The molecule has 0 aliphatic rings. The van der Waals surface area contributed by atoms with Crippen LogP contribution >= 0.6 is 0 Å². The van der Waals surface area contributed by atoms with Gasteiger partial charge in [0, 0.05) is 36.9 Å². The summed E-state index contributed by atoms with van der Waals surface area (Å²) in [4.78, 5) is 23.4. The molecule has 0 unspecified atom stereocenters. The van der Waals surface area contributed by atoms with E-state index in [9.17, 15) is 33.0 Å². The van der Waals surface area contributed by atoms with Crippen molar-refractivity contribution in [1.29, 1.82) is 0 Å². The Bertz CT molecular complexity index is 969. The van der Waals surface area contributed by atoms with Crippen LogP contribution in [0.2, 0.25) is 0 Å². The minimum atomic E-state index is -4.46. The molecule has 0 aromatic heterocycles. The summed E-state index contributed by atoms with van der Waals surface area (Å²) in [6.07, 6.45) is 0.447. The molecule has 0 fully saturated rings. The molecule has 2 aromatic carbocycles. The number of hydrogen-bond donors (Lipinski definition) is 4. The van der Waals surface area contributed by atoms with E-state index in [4.69, 9.17) is 0 Å². The first-order valence-corrected chi connectivity index (χ1v) is 8.76. The smallest absolute Gasteiger partial charge is 0.416 e. The molecular weight excluding hydrogens is 401 g/mol. The number of benzene rings is 2. The molecule has 0 saturated heterocycles. The average Bonchev–Trinajstić information content (AvgIpc) is 2.68. The van der Waals surface area contributed by atoms with Gasteiger partial charge in [0.2, 0.25) is 11.8 Å². The molecular formula is C21H19F3N2O4. The van der Waals surface area contributed by atoms with Crippen LogP contribution in [0.4, 0.5) is 13.2 Å². The molecule has 2 rings (SSSR count). The Morgan fingerprint density at radius 3 is 2.13 bits per heavy atom. The number of alkyl halides is 3. The van der Waals surface area contributed by atoms with Crippen LogP contribution in [0.15, 0.2) is 54.6 Å². The summed E-state index contributed by atoms with van der Waals surface area (Å²) in [6, 6.07) is 8.50. The Morgan fingerprint density at radius 2 is 1.53 bits per heavy atom. The molecule has 158 valence electrons. The lowest BCUT2D eigenvalue weighted by Crippen LogP contribution is -2.33. The summed E-state index contributed by atoms with van der Waals surface area (Å²) in [5, 5.41) is 23.8. The van der Waals surface area contributed by atoms with Gasteiger partial charge >= 0.3 is 6.18 Å². The molecule has 0 saturated carbocycles. The Labute approximate surface area is 170 Å². The van der Waals surface area contributed by atoms with E-state index in [1.165, 1.54) is 42.5 Å². The molecule has 0 bridgehead atoms. The number of halogens is 3. The third-order valence-electron chi connectivity index (χ3n) is 3.79. The van der Waals surface area contributed by atoms with Crippen molar-refractivity contribution >= 4 is 24.0 Å². The van der Waals surface area contributed by atoms with Gasteiger partial charge in [-0.25, -0.2) is 0 Å². The molecule has 4 N–H and O–H groups in total. The number of nitrogens with one attached hydrogen (secondary N) is 2. The highest BCUT2D eigenvalue weighted by molar-refractivity contribution is 5.93. The van der Waals surface area contributed by atoms with E-state index in [0.717, 1.165) is 24.3 Å². The zero-order valence-corrected chi connectivity index (χ0v) is 15.6.